The van der Waals surface area contributed by atoms with Crippen molar-refractivity contribution in [2.45, 2.75) is 24.6 Å². The summed E-state index contributed by atoms with van der Waals surface area (Å²) in [5.41, 5.74) is -1.50. The molecule has 1 aliphatic rings. The monoisotopic (exact) mass is 184 g/mol. The second kappa shape index (κ2) is 2.77. The third kappa shape index (κ3) is 1.15. The number of halogens is 2. The first kappa shape index (κ1) is 8.63. The molecule has 0 aliphatic heterocycles. The van der Waals surface area contributed by atoms with Gasteiger partial charge in [-0.25, -0.2) is 8.78 Å². The highest BCUT2D eigenvalue weighted by Crippen LogP contribution is 2.44. The highest BCUT2D eigenvalue weighted by molar-refractivity contribution is 5.28. The molecule has 2 rings (SSSR count). The number of rotatable bonds is 1. The summed E-state index contributed by atoms with van der Waals surface area (Å²) in [6.45, 7) is 0. The standard InChI is InChI=1S/C10H10F2O/c11-8-4-2-1-3-7(8)10(13)6-5-9(10)12/h1-4,9,13H,5-6H2/t9-,10-/m1/s1. The van der Waals surface area contributed by atoms with Crippen molar-refractivity contribution in [3.8, 4) is 0 Å². The molecular formula is C10H10F2O. The zero-order valence-electron chi connectivity index (χ0n) is 7.00. The van der Waals surface area contributed by atoms with Gasteiger partial charge in [-0.1, -0.05) is 18.2 Å². The van der Waals surface area contributed by atoms with E-state index in [9.17, 15) is 13.9 Å². The van der Waals surface area contributed by atoms with E-state index in [4.69, 9.17) is 0 Å². The van der Waals surface area contributed by atoms with Crippen LogP contribution >= 0.6 is 0 Å². The lowest BCUT2D eigenvalue weighted by molar-refractivity contribution is -0.116. The van der Waals surface area contributed by atoms with Crippen molar-refractivity contribution in [3.05, 3.63) is 35.6 Å². The number of benzene rings is 1. The maximum Gasteiger partial charge on any atom is 0.133 e. The minimum absolute atomic E-state index is 0.0775. The molecule has 70 valence electrons. The fraction of sp³-hybridized carbons (Fsp3) is 0.400. The van der Waals surface area contributed by atoms with Gasteiger partial charge in [-0.3, -0.25) is 0 Å². The summed E-state index contributed by atoms with van der Waals surface area (Å²) < 4.78 is 26.2. The Labute approximate surface area is 75.0 Å². The Balaban J connectivity index is 2.40. The summed E-state index contributed by atoms with van der Waals surface area (Å²) in [5.74, 6) is -0.535. The molecule has 3 heteroatoms. The zero-order valence-corrected chi connectivity index (χ0v) is 7.00. The predicted octanol–water partition coefficient (Wildman–Crippen LogP) is 2.15. The van der Waals surface area contributed by atoms with Gasteiger partial charge in [0.2, 0.25) is 0 Å². The lowest BCUT2D eigenvalue weighted by atomic mass is 9.73. The highest BCUT2D eigenvalue weighted by atomic mass is 19.1. The van der Waals surface area contributed by atoms with Gasteiger partial charge < -0.3 is 5.11 Å². The van der Waals surface area contributed by atoms with E-state index < -0.39 is 17.6 Å². The van der Waals surface area contributed by atoms with Gasteiger partial charge in [0.1, 0.15) is 17.6 Å². The fourth-order valence-electron chi connectivity index (χ4n) is 1.64. The minimum Gasteiger partial charge on any atom is -0.382 e. The molecule has 1 aliphatic carbocycles. The first-order valence-corrected chi connectivity index (χ1v) is 4.26. The van der Waals surface area contributed by atoms with Crippen LogP contribution in [0.25, 0.3) is 0 Å². The van der Waals surface area contributed by atoms with Crippen LogP contribution < -0.4 is 0 Å². The van der Waals surface area contributed by atoms with Crippen molar-refractivity contribution in [2.75, 3.05) is 0 Å². The Morgan fingerprint density at radius 2 is 2.08 bits per heavy atom. The van der Waals surface area contributed by atoms with E-state index in [1.165, 1.54) is 18.2 Å². The summed E-state index contributed by atoms with van der Waals surface area (Å²) >= 11 is 0. The first-order valence-electron chi connectivity index (χ1n) is 4.26. The van der Waals surface area contributed by atoms with Gasteiger partial charge >= 0.3 is 0 Å². The average Bonchev–Trinajstić information content (AvgIpc) is 2.15. The fourth-order valence-corrected chi connectivity index (χ4v) is 1.64. The SMILES string of the molecule is O[C@@]1(c2ccccc2F)CC[C@H]1F. The Bertz CT molecular complexity index is 326. The third-order valence-electron chi connectivity index (χ3n) is 2.64. The maximum atomic E-state index is 13.2. The van der Waals surface area contributed by atoms with Crippen molar-refractivity contribution in [3.63, 3.8) is 0 Å². The number of hydrogen-bond acceptors (Lipinski definition) is 1. The molecule has 0 heterocycles. The molecule has 0 spiro atoms. The van der Waals surface area contributed by atoms with E-state index in [1.54, 1.807) is 6.07 Å². The second-order valence-corrected chi connectivity index (χ2v) is 3.41. The third-order valence-corrected chi connectivity index (χ3v) is 2.64. The molecule has 2 atom stereocenters. The molecule has 0 amide bonds. The van der Waals surface area contributed by atoms with Gasteiger partial charge in [-0.05, 0) is 18.9 Å². The van der Waals surface area contributed by atoms with E-state index >= 15 is 0 Å². The smallest absolute Gasteiger partial charge is 0.133 e. The molecule has 0 aromatic heterocycles. The number of alkyl halides is 1. The molecule has 13 heavy (non-hydrogen) atoms. The van der Waals surface area contributed by atoms with E-state index in [1.807, 2.05) is 0 Å². The normalized spacial score (nSPS) is 32.7. The van der Waals surface area contributed by atoms with Gasteiger partial charge in [0.15, 0.2) is 0 Å². The maximum absolute atomic E-state index is 13.2. The van der Waals surface area contributed by atoms with E-state index in [-0.39, 0.29) is 5.56 Å². The van der Waals surface area contributed by atoms with E-state index in [0.717, 1.165) is 0 Å². The lowest BCUT2D eigenvalue weighted by Crippen LogP contribution is -2.46. The van der Waals surface area contributed by atoms with Gasteiger partial charge in [-0.15, -0.1) is 0 Å². The summed E-state index contributed by atoms with van der Waals surface area (Å²) in [4.78, 5) is 0. The predicted molar refractivity (Wildman–Crippen MR) is 44.4 cm³/mol. The molecule has 1 N–H and O–H groups in total. The molecular weight excluding hydrogens is 174 g/mol. The van der Waals surface area contributed by atoms with Crippen LogP contribution in [0.15, 0.2) is 24.3 Å². The van der Waals surface area contributed by atoms with E-state index in [0.29, 0.717) is 12.8 Å². The molecule has 1 aromatic carbocycles. The summed E-state index contributed by atoms with van der Waals surface area (Å²) in [7, 11) is 0. The van der Waals surface area contributed by atoms with Crippen molar-refractivity contribution in [1.29, 1.82) is 0 Å². The van der Waals surface area contributed by atoms with Crippen molar-refractivity contribution < 1.29 is 13.9 Å². The van der Waals surface area contributed by atoms with Gasteiger partial charge in [0.05, 0.1) is 0 Å². The highest BCUT2D eigenvalue weighted by Gasteiger charge is 2.48. The van der Waals surface area contributed by atoms with Crippen molar-refractivity contribution in [1.82, 2.24) is 0 Å². The summed E-state index contributed by atoms with van der Waals surface area (Å²) in [6, 6.07) is 5.79. The quantitative estimate of drug-likeness (QED) is 0.709. The summed E-state index contributed by atoms with van der Waals surface area (Å²) in [6.07, 6.45) is -0.718. The summed E-state index contributed by atoms with van der Waals surface area (Å²) in [5, 5.41) is 9.72. The molecule has 0 radical (unpaired) electrons. The molecule has 1 saturated carbocycles. The van der Waals surface area contributed by atoms with Gasteiger partial charge in [0, 0.05) is 5.56 Å². The second-order valence-electron chi connectivity index (χ2n) is 3.41. The average molecular weight is 184 g/mol. The minimum atomic E-state index is -1.58. The van der Waals surface area contributed by atoms with Crippen LogP contribution in [-0.4, -0.2) is 11.3 Å². The van der Waals surface area contributed by atoms with Crippen molar-refractivity contribution in [2.24, 2.45) is 0 Å². The number of hydrogen-bond donors (Lipinski definition) is 1. The molecule has 1 nitrogen and oxygen atoms in total. The van der Waals surface area contributed by atoms with Crippen LogP contribution in [0.5, 0.6) is 0 Å². The van der Waals surface area contributed by atoms with Crippen LogP contribution in [0, 0.1) is 5.82 Å². The zero-order chi connectivity index (χ0) is 9.47. The molecule has 0 saturated heterocycles. The van der Waals surface area contributed by atoms with Crippen LogP contribution in [0.2, 0.25) is 0 Å². The topological polar surface area (TPSA) is 20.2 Å². The van der Waals surface area contributed by atoms with Crippen LogP contribution in [0.3, 0.4) is 0 Å². The van der Waals surface area contributed by atoms with Crippen molar-refractivity contribution >= 4 is 0 Å². The van der Waals surface area contributed by atoms with E-state index in [2.05, 4.69) is 0 Å². The van der Waals surface area contributed by atoms with Gasteiger partial charge in [-0.2, -0.15) is 0 Å². The van der Waals surface area contributed by atoms with Crippen LogP contribution in [-0.2, 0) is 5.60 Å². The first-order chi connectivity index (χ1) is 6.14. The molecule has 0 bridgehead atoms. The number of aliphatic hydroxyl groups is 1. The molecule has 0 unspecified atom stereocenters. The largest absolute Gasteiger partial charge is 0.382 e. The Morgan fingerprint density at radius 1 is 1.38 bits per heavy atom. The molecule has 1 fully saturated rings. The van der Waals surface area contributed by atoms with Crippen LogP contribution in [0.1, 0.15) is 18.4 Å². The van der Waals surface area contributed by atoms with Gasteiger partial charge in [0.25, 0.3) is 0 Å². The molecule has 1 aromatic rings. The Hall–Kier alpha value is -0.960. The Kier molecular flexibility index (Phi) is 1.84. The van der Waals surface area contributed by atoms with Crippen LogP contribution in [0.4, 0.5) is 8.78 Å². The lowest BCUT2D eigenvalue weighted by Gasteiger charge is -2.40. The Morgan fingerprint density at radius 3 is 2.54 bits per heavy atom.